The van der Waals surface area contributed by atoms with E-state index in [1.807, 2.05) is 18.2 Å². The van der Waals surface area contributed by atoms with E-state index in [1.54, 1.807) is 26.0 Å². The largest absolute Gasteiger partial charge is 0.345 e. The highest BCUT2D eigenvalue weighted by Gasteiger charge is 2.19. The molecule has 0 saturated heterocycles. The summed E-state index contributed by atoms with van der Waals surface area (Å²) < 4.78 is 39.9. The molecule has 0 aliphatic carbocycles. The molecule has 0 aliphatic heterocycles. The number of hydrogen-bond acceptors (Lipinski definition) is 3. The summed E-state index contributed by atoms with van der Waals surface area (Å²) in [5, 5.41) is 4.84. The van der Waals surface area contributed by atoms with Crippen molar-refractivity contribution in [2.24, 2.45) is 0 Å². The topological polar surface area (TPSA) is 75.3 Å². The third-order valence-corrected chi connectivity index (χ3v) is 6.01. The average molecular weight is 457 g/mol. The minimum atomic E-state index is -3.52. The lowest BCUT2D eigenvalue weighted by molar-refractivity contribution is 0.0939. The van der Waals surface area contributed by atoms with Crippen molar-refractivity contribution in [2.75, 3.05) is 11.0 Å². The predicted molar refractivity (Wildman–Crippen MR) is 128 cm³/mol. The van der Waals surface area contributed by atoms with Crippen molar-refractivity contribution in [1.29, 1.82) is 0 Å². The fraction of sp³-hybridized carbons (Fsp3) is 0.320. The Balaban J connectivity index is 1.82. The molecule has 0 fully saturated rings. The van der Waals surface area contributed by atoms with Crippen molar-refractivity contribution in [3.63, 3.8) is 0 Å². The molecule has 3 aromatic carbocycles. The smallest absolute Gasteiger partial charge is 0.251 e. The van der Waals surface area contributed by atoms with Crippen molar-refractivity contribution in [3.05, 3.63) is 76.6 Å². The molecule has 0 aliphatic rings. The van der Waals surface area contributed by atoms with E-state index in [0.717, 1.165) is 23.1 Å². The quantitative estimate of drug-likeness (QED) is 0.536. The molecule has 1 amide bonds. The van der Waals surface area contributed by atoms with Crippen molar-refractivity contribution in [2.45, 2.75) is 46.1 Å². The number of carbonyl (C=O) groups is 1. The van der Waals surface area contributed by atoms with Gasteiger partial charge in [-0.2, -0.15) is 0 Å². The number of carbonyl (C=O) groups excluding carboxylic acids is 1. The van der Waals surface area contributed by atoms with Crippen LogP contribution in [0.3, 0.4) is 0 Å². The van der Waals surface area contributed by atoms with Crippen LogP contribution in [0.1, 0.15) is 60.8 Å². The van der Waals surface area contributed by atoms with Crippen LogP contribution >= 0.6 is 0 Å². The van der Waals surface area contributed by atoms with Gasteiger partial charge in [0, 0.05) is 11.1 Å². The van der Waals surface area contributed by atoms with E-state index in [1.165, 1.54) is 5.56 Å². The van der Waals surface area contributed by atoms with Crippen LogP contribution in [0.25, 0.3) is 10.8 Å². The maximum absolute atomic E-state index is 14.7. The summed E-state index contributed by atoms with van der Waals surface area (Å²) in [6.07, 6.45) is 1.01. The first-order valence-corrected chi connectivity index (χ1v) is 12.3. The van der Waals surface area contributed by atoms with Gasteiger partial charge in [-0.25, -0.2) is 12.8 Å². The van der Waals surface area contributed by atoms with Gasteiger partial charge in [0.25, 0.3) is 5.91 Å². The Morgan fingerprint density at radius 1 is 1.00 bits per heavy atom. The molecule has 0 spiro atoms. The lowest BCUT2D eigenvalue weighted by atomic mass is 9.86. The van der Waals surface area contributed by atoms with Gasteiger partial charge in [-0.3, -0.25) is 9.52 Å². The van der Waals surface area contributed by atoms with Crippen molar-refractivity contribution < 1.29 is 17.6 Å². The van der Waals surface area contributed by atoms with Gasteiger partial charge in [0.05, 0.1) is 18.0 Å². The van der Waals surface area contributed by atoms with Crippen molar-refractivity contribution >= 4 is 32.4 Å². The Kier molecular flexibility index (Phi) is 6.33. The Labute approximate surface area is 189 Å². The van der Waals surface area contributed by atoms with E-state index in [0.29, 0.717) is 11.1 Å². The Hall–Kier alpha value is -2.93. The summed E-state index contributed by atoms with van der Waals surface area (Å²) in [6.45, 7) is 9.84. The second-order valence-corrected chi connectivity index (χ2v) is 11.0. The maximum atomic E-state index is 14.7. The number of hydrogen-bond donors (Lipinski definition) is 2. The molecule has 0 bridgehead atoms. The molecule has 170 valence electrons. The number of sulfonamides is 1. The summed E-state index contributed by atoms with van der Waals surface area (Å²) in [5.41, 5.74) is 2.76. The zero-order valence-corrected chi connectivity index (χ0v) is 20.0. The highest BCUT2D eigenvalue weighted by molar-refractivity contribution is 7.92. The molecular formula is C25H29FN2O3S. The monoisotopic (exact) mass is 456 g/mol. The van der Waals surface area contributed by atoms with Crippen LogP contribution in [0.15, 0.2) is 48.5 Å². The number of halogens is 1. The van der Waals surface area contributed by atoms with E-state index in [4.69, 9.17) is 0 Å². The van der Waals surface area contributed by atoms with Crippen molar-refractivity contribution in [1.82, 2.24) is 5.32 Å². The van der Waals surface area contributed by atoms with Gasteiger partial charge in [0.15, 0.2) is 0 Å². The average Bonchev–Trinajstić information content (AvgIpc) is 2.67. The van der Waals surface area contributed by atoms with Gasteiger partial charge in [0.1, 0.15) is 5.82 Å². The molecule has 3 aromatic rings. The van der Waals surface area contributed by atoms with Crippen LogP contribution in [-0.2, 0) is 15.4 Å². The number of anilines is 1. The van der Waals surface area contributed by atoms with Gasteiger partial charge in [-0.1, -0.05) is 45.0 Å². The number of benzene rings is 3. The molecule has 0 radical (unpaired) electrons. The van der Waals surface area contributed by atoms with Gasteiger partial charge < -0.3 is 5.32 Å². The number of rotatable bonds is 5. The molecular weight excluding hydrogens is 427 g/mol. The van der Waals surface area contributed by atoms with Gasteiger partial charge in [0.2, 0.25) is 10.0 Å². The first kappa shape index (κ1) is 23.7. The fourth-order valence-corrected chi connectivity index (χ4v) is 4.18. The molecule has 0 heterocycles. The van der Waals surface area contributed by atoms with Gasteiger partial charge >= 0.3 is 0 Å². The molecule has 0 aromatic heterocycles. The number of aryl methyl sites for hydroxylation is 1. The van der Waals surface area contributed by atoms with Crippen LogP contribution in [-0.4, -0.2) is 20.6 Å². The van der Waals surface area contributed by atoms with Gasteiger partial charge in [-0.05, 0) is 65.4 Å². The molecule has 2 N–H and O–H groups in total. The Morgan fingerprint density at radius 3 is 2.25 bits per heavy atom. The summed E-state index contributed by atoms with van der Waals surface area (Å²) in [4.78, 5) is 12.8. The second-order valence-electron chi connectivity index (χ2n) is 9.28. The van der Waals surface area contributed by atoms with E-state index >= 15 is 0 Å². The summed E-state index contributed by atoms with van der Waals surface area (Å²) in [6, 6.07) is 13.8. The van der Waals surface area contributed by atoms with Crippen LogP contribution in [0.5, 0.6) is 0 Å². The third kappa shape index (κ3) is 5.46. The van der Waals surface area contributed by atoms with Crippen LogP contribution in [0.2, 0.25) is 0 Å². The molecule has 0 saturated carbocycles. The molecule has 5 nitrogen and oxygen atoms in total. The minimum absolute atomic E-state index is 0.0360. The fourth-order valence-electron chi connectivity index (χ4n) is 3.56. The first-order valence-electron chi connectivity index (χ1n) is 10.4. The maximum Gasteiger partial charge on any atom is 0.251 e. The molecule has 1 atom stereocenters. The zero-order chi connectivity index (χ0) is 23.8. The van der Waals surface area contributed by atoms with E-state index in [9.17, 15) is 17.6 Å². The summed E-state index contributed by atoms with van der Waals surface area (Å²) in [5.74, 6) is -0.905. The predicted octanol–water partition coefficient (Wildman–Crippen LogP) is 5.45. The Morgan fingerprint density at radius 2 is 1.62 bits per heavy atom. The van der Waals surface area contributed by atoms with E-state index < -0.39 is 21.9 Å². The molecule has 32 heavy (non-hydrogen) atoms. The lowest BCUT2D eigenvalue weighted by Gasteiger charge is -2.20. The van der Waals surface area contributed by atoms with E-state index in [2.05, 4.69) is 42.9 Å². The lowest BCUT2D eigenvalue weighted by Crippen LogP contribution is -2.27. The van der Waals surface area contributed by atoms with E-state index in [-0.39, 0.29) is 22.6 Å². The zero-order valence-electron chi connectivity index (χ0n) is 19.2. The highest BCUT2D eigenvalue weighted by Crippen LogP contribution is 2.28. The second kappa shape index (κ2) is 8.54. The number of fused-ring (bicyclic) bond motifs is 1. The van der Waals surface area contributed by atoms with Crippen LogP contribution < -0.4 is 10.0 Å². The van der Waals surface area contributed by atoms with Gasteiger partial charge in [-0.15, -0.1) is 0 Å². The molecule has 7 heteroatoms. The first-order chi connectivity index (χ1) is 14.7. The minimum Gasteiger partial charge on any atom is -0.345 e. The number of nitrogens with one attached hydrogen (secondary N) is 2. The third-order valence-electron chi connectivity index (χ3n) is 5.42. The highest BCUT2D eigenvalue weighted by atomic mass is 32.2. The summed E-state index contributed by atoms with van der Waals surface area (Å²) >= 11 is 0. The normalized spacial score (nSPS) is 13.1. The standard InChI is InChI=1S/C25H29FN2O3S/c1-15-11-21(22(26)14-23(15)28-32(6,30)31)16(2)27-24(29)19-8-7-18-13-20(25(3,4)5)10-9-17(18)12-19/h7-14,16,28H,1-6H3,(H,27,29). The Bertz CT molecular complexity index is 1290. The number of amides is 1. The molecule has 3 rings (SSSR count). The SMILES string of the molecule is Cc1cc(C(C)NC(=O)c2ccc3cc(C(C)(C)C)ccc3c2)c(F)cc1NS(C)(=O)=O. The molecule has 1 unspecified atom stereocenters. The summed E-state index contributed by atoms with van der Waals surface area (Å²) in [7, 11) is -3.52. The van der Waals surface area contributed by atoms with Crippen molar-refractivity contribution in [3.8, 4) is 0 Å². The van der Waals surface area contributed by atoms with Crippen LogP contribution in [0, 0.1) is 12.7 Å². The van der Waals surface area contributed by atoms with Crippen LogP contribution in [0.4, 0.5) is 10.1 Å².